The van der Waals surface area contributed by atoms with Gasteiger partial charge in [-0.15, -0.1) is 21.5 Å². The number of aromatic nitrogens is 3. The number of rotatable bonds is 7. The molecule has 1 aliphatic carbocycles. The van der Waals surface area contributed by atoms with Crippen molar-refractivity contribution in [2.24, 2.45) is 5.92 Å². The highest BCUT2D eigenvalue weighted by Crippen LogP contribution is 2.40. The van der Waals surface area contributed by atoms with Gasteiger partial charge in [-0.05, 0) is 37.7 Å². The number of anilines is 1. The fraction of sp³-hybridized carbons (Fsp3) is 0.556. The molecule has 0 aliphatic heterocycles. The van der Waals surface area contributed by atoms with E-state index in [9.17, 15) is 9.59 Å². The lowest BCUT2D eigenvalue weighted by atomic mass is 9.88. The van der Waals surface area contributed by atoms with Gasteiger partial charge in [-0.1, -0.05) is 25.6 Å². The molecular formula is C18H25N5O3S2. The van der Waals surface area contributed by atoms with Crippen LogP contribution in [0.2, 0.25) is 0 Å². The van der Waals surface area contributed by atoms with Crippen molar-refractivity contribution in [1.82, 2.24) is 14.9 Å². The third-order valence-corrected chi connectivity index (χ3v) is 6.74. The van der Waals surface area contributed by atoms with E-state index in [1.54, 1.807) is 6.92 Å². The van der Waals surface area contributed by atoms with Crippen LogP contribution in [0.4, 0.5) is 5.00 Å². The summed E-state index contributed by atoms with van der Waals surface area (Å²) < 4.78 is 6.63. The van der Waals surface area contributed by atoms with Gasteiger partial charge in [0.2, 0.25) is 11.1 Å². The maximum Gasteiger partial charge on any atom is 0.341 e. The molecule has 0 radical (unpaired) electrons. The average Bonchev–Trinajstić information content (AvgIpc) is 3.19. The van der Waals surface area contributed by atoms with Gasteiger partial charge in [-0.25, -0.2) is 9.47 Å². The minimum atomic E-state index is -0.369. The van der Waals surface area contributed by atoms with Crippen molar-refractivity contribution < 1.29 is 14.3 Å². The van der Waals surface area contributed by atoms with Crippen LogP contribution in [0, 0.1) is 5.92 Å². The molecule has 0 saturated carbocycles. The van der Waals surface area contributed by atoms with E-state index in [-0.39, 0.29) is 17.6 Å². The molecule has 0 fully saturated rings. The monoisotopic (exact) mass is 423 g/mol. The summed E-state index contributed by atoms with van der Waals surface area (Å²) in [6.07, 6.45) is 3.46. The molecular weight excluding hydrogens is 398 g/mol. The summed E-state index contributed by atoms with van der Waals surface area (Å²) in [7, 11) is 0. The Kier molecular flexibility index (Phi) is 6.61. The number of nitrogens with zero attached hydrogens (tertiary/aromatic N) is 3. The van der Waals surface area contributed by atoms with Crippen LogP contribution in [0.1, 0.15) is 53.8 Å². The number of carbonyl (C=O) groups excluding carboxylic acids is 2. The fourth-order valence-electron chi connectivity index (χ4n) is 3.20. The normalized spacial score (nSPS) is 15.9. The van der Waals surface area contributed by atoms with Crippen LogP contribution < -0.4 is 11.2 Å². The first-order valence-electron chi connectivity index (χ1n) is 9.38. The first-order valence-corrected chi connectivity index (χ1v) is 11.2. The molecule has 1 amide bonds. The quantitative estimate of drug-likeness (QED) is 0.400. The number of aryl methyl sites for hydroxylation is 1. The zero-order valence-corrected chi connectivity index (χ0v) is 17.9. The van der Waals surface area contributed by atoms with Crippen LogP contribution in [0.15, 0.2) is 5.16 Å². The fourth-order valence-corrected chi connectivity index (χ4v) is 5.29. The Balaban J connectivity index is 1.74. The lowest BCUT2D eigenvalue weighted by Gasteiger charge is -2.18. The molecule has 0 aromatic carbocycles. The topological polar surface area (TPSA) is 112 Å². The lowest BCUT2D eigenvalue weighted by Crippen LogP contribution is -2.18. The molecule has 8 nitrogen and oxygen atoms in total. The lowest BCUT2D eigenvalue weighted by molar-refractivity contribution is -0.113. The van der Waals surface area contributed by atoms with Gasteiger partial charge in [0.25, 0.3) is 0 Å². The Hall–Kier alpha value is -2.07. The standard InChI is InChI=1S/C18H25N5O3S2/c1-4-13-21-22-18(23(13)19)27-9-14(24)20-16-15(17(25)26-5-2)11-7-6-10(3)8-12(11)28-16/h10H,4-9,19H2,1-3H3,(H,20,24). The van der Waals surface area contributed by atoms with Gasteiger partial charge in [0.05, 0.1) is 17.9 Å². The molecule has 1 unspecified atom stereocenters. The molecule has 3 rings (SSSR count). The third-order valence-electron chi connectivity index (χ3n) is 4.63. The van der Waals surface area contributed by atoms with Crippen molar-refractivity contribution in [3.05, 3.63) is 21.8 Å². The summed E-state index contributed by atoms with van der Waals surface area (Å²) in [4.78, 5) is 26.2. The Morgan fingerprint density at radius 2 is 2.18 bits per heavy atom. The number of ether oxygens (including phenoxy) is 1. The molecule has 2 aromatic heterocycles. The van der Waals surface area contributed by atoms with Crippen LogP contribution in [-0.2, 0) is 28.8 Å². The first kappa shape index (κ1) is 20.7. The number of thioether (sulfide) groups is 1. The van der Waals surface area contributed by atoms with E-state index >= 15 is 0 Å². The second-order valence-corrected chi connectivity index (χ2v) is 8.78. The summed E-state index contributed by atoms with van der Waals surface area (Å²) in [6.45, 7) is 6.22. The number of thiophene rings is 1. The Bertz CT molecular complexity index is 877. The van der Waals surface area contributed by atoms with Gasteiger partial charge in [-0.3, -0.25) is 4.79 Å². The van der Waals surface area contributed by atoms with Gasteiger partial charge in [0.1, 0.15) is 5.00 Å². The number of hydrogen-bond acceptors (Lipinski definition) is 8. The third kappa shape index (κ3) is 4.33. The Labute approximate surface area is 172 Å². The molecule has 0 saturated heterocycles. The number of nitrogens with one attached hydrogen (secondary N) is 1. The predicted molar refractivity (Wildman–Crippen MR) is 110 cm³/mol. The van der Waals surface area contributed by atoms with Crippen LogP contribution in [0.3, 0.4) is 0 Å². The number of esters is 1. The van der Waals surface area contributed by atoms with E-state index in [2.05, 4.69) is 22.4 Å². The smallest absolute Gasteiger partial charge is 0.341 e. The number of nitrogens with two attached hydrogens (primary N) is 1. The Morgan fingerprint density at radius 1 is 1.39 bits per heavy atom. The number of amides is 1. The Morgan fingerprint density at radius 3 is 2.86 bits per heavy atom. The van der Waals surface area contributed by atoms with Gasteiger partial charge >= 0.3 is 5.97 Å². The second kappa shape index (κ2) is 8.95. The van der Waals surface area contributed by atoms with E-state index in [1.165, 1.54) is 32.7 Å². The first-order chi connectivity index (χ1) is 13.4. The van der Waals surface area contributed by atoms with Crippen molar-refractivity contribution in [2.45, 2.75) is 51.6 Å². The zero-order valence-electron chi connectivity index (χ0n) is 16.3. The largest absolute Gasteiger partial charge is 0.462 e. The molecule has 2 heterocycles. The molecule has 1 aliphatic rings. The van der Waals surface area contributed by atoms with Crippen molar-refractivity contribution in [1.29, 1.82) is 0 Å². The van der Waals surface area contributed by atoms with Crippen molar-refractivity contribution in [3.63, 3.8) is 0 Å². The maximum absolute atomic E-state index is 12.5. The molecule has 10 heteroatoms. The summed E-state index contributed by atoms with van der Waals surface area (Å²) in [5.74, 6) is 6.68. The van der Waals surface area contributed by atoms with Crippen molar-refractivity contribution >= 4 is 40.0 Å². The minimum Gasteiger partial charge on any atom is -0.462 e. The van der Waals surface area contributed by atoms with Crippen LogP contribution >= 0.6 is 23.1 Å². The summed E-state index contributed by atoms with van der Waals surface area (Å²) >= 11 is 2.69. The summed E-state index contributed by atoms with van der Waals surface area (Å²) in [5, 5.41) is 11.9. The van der Waals surface area contributed by atoms with Gasteiger partial charge < -0.3 is 15.9 Å². The highest BCUT2D eigenvalue weighted by Gasteiger charge is 2.29. The van der Waals surface area contributed by atoms with E-state index in [0.717, 1.165) is 24.8 Å². The molecule has 3 N–H and O–H groups in total. The maximum atomic E-state index is 12.5. The number of fused-ring (bicyclic) bond motifs is 1. The van der Waals surface area contributed by atoms with Gasteiger partial charge in [0.15, 0.2) is 5.82 Å². The highest BCUT2D eigenvalue weighted by molar-refractivity contribution is 7.99. The zero-order chi connectivity index (χ0) is 20.3. The average molecular weight is 424 g/mol. The SMILES string of the molecule is CCOC(=O)c1c(NC(=O)CSc2nnc(CC)n2N)sc2c1CCC(C)C2. The molecule has 0 bridgehead atoms. The van der Waals surface area contributed by atoms with Crippen molar-refractivity contribution in [3.8, 4) is 0 Å². The number of nitrogen functional groups attached to an aromatic ring is 1. The molecule has 28 heavy (non-hydrogen) atoms. The van der Waals surface area contributed by atoms with Gasteiger partial charge in [-0.2, -0.15) is 0 Å². The van der Waals surface area contributed by atoms with E-state index in [0.29, 0.717) is 40.5 Å². The van der Waals surface area contributed by atoms with E-state index in [1.807, 2.05) is 6.92 Å². The molecule has 1 atom stereocenters. The number of carbonyl (C=O) groups is 2. The molecule has 152 valence electrons. The molecule has 2 aromatic rings. The molecule has 0 spiro atoms. The second-order valence-electron chi connectivity index (χ2n) is 6.74. The predicted octanol–water partition coefficient (Wildman–Crippen LogP) is 2.65. The highest BCUT2D eigenvalue weighted by atomic mass is 32.2. The summed E-state index contributed by atoms with van der Waals surface area (Å²) in [5.41, 5.74) is 1.54. The van der Waals surface area contributed by atoms with Crippen LogP contribution in [0.25, 0.3) is 0 Å². The van der Waals surface area contributed by atoms with Crippen LogP contribution in [-0.4, -0.2) is 39.1 Å². The number of hydrogen-bond donors (Lipinski definition) is 2. The van der Waals surface area contributed by atoms with Crippen LogP contribution in [0.5, 0.6) is 0 Å². The van der Waals surface area contributed by atoms with Gasteiger partial charge in [0, 0.05) is 11.3 Å². The van der Waals surface area contributed by atoms with E-state index in [4.69, 9.17) is 10.6 Å². The van der Waals surface area contributed by atoms with E-state index < -0.39 is 0 Å². The van der Waals surface area contributed by atoms with Crippen molar-refractivity contribution in [2.75, 3.05) is 23.5 Å². The minimum absolute atomic E-state index is 0.125. The summed E-state index contributed by atoms with van der Waals surface area (Å²) in [6, 6.07) is 0.